The third kappa shape index (κ3) is 5.52. The van der Waals surface area contributed by atoms with Crippen molar-refractivity contribution < 1.29 is 32.6 Å². The van der Waals surface area contributed by atoms with Crippen LogP contribution in [-0.4, -0.2) is 64.9 Å². The summed E-state index contributed by atoms with van der Waals surface area (Å²) in [6.07, 6.45) is -6.98. The van der Waals surface area contributed by atoms with Crippen LogP contribution in [0.25, 0.3) is 0 Å². The number of hydrogen-bond donors (Lipinski definition) is 3. The summed E-state index contributed by atoms with van der Waals surface area (Å²) in [4.78, 5) is 15.2. The number of nitrogens with one attached hydrogen (secondary N) is 1. The molecule has 0 radical (unpaired) electrons. The van der Waals surface area contributed by atoms with Gasteiger partial charge in [-0.25, -0.2) is 9.18 Å². The average molecular weight is 469 g/mol. The van der Waals surface area contributed by atoms with Gasteiger partial charge in [-0.15, -0.1) is 0 Å². The molecule has 12 heteroatoms. The topological polar surface area (TPSA) is 79.3 Å². The molecule has 1 aromatic carbocycles. The number of alkyl halides is 3. The Hall–Kier alpha value is -2.24. The summed E-state index contributed by atoms with van der Waals surface area (Å²) >= 11 is 6.04. The summed E-state index contributed by atoms with van der Waals surface area (Å²) in [7, 11) is 0.951. The van der Waals surface area contributed by atoms with Crippen molar-refractivity contribution in [2.75, 3.05) is 30.4 Å². The summed E-state index contributed by atoms with van der Waals surface area (Å²) in [6, 6.07) is 1.41. The Balaban J connectivity index is 2.40. The Morgan fingerprint density at radius 1 is 1.23 bits per heavy atom. The number of anilines is 2. The van der Waals surface area contributed by atoms with E-state index in [1.165, 1.54) is 4.90 Å². The molecule has 0 fully saturated rings. The number of carbonyl (C=O) groups excluding carboxylic acids is 1. The molecule has 0 spiro atoms. The van der Waals surface area contributed by atoms with Crippen LogP contribution in [0.4, 0.5) is 33.7 Å². The summed E-state index contributed by atoms with van der Waals surface area (Å²) in [5, 5.41) is 23.0. The van der Waals surface area contributed by atoms with Crippen LogP contribution >= 0.6 is 11.6 Å². The van der Waals surface area contributed by atoms with Crippen molar-refractivity contribution in [1.29, 1.82) is 0 Å². The lowest BCUT2D eigenvalue weighted by Gasteiger charge is -2.43. The second kappa shape index (κ2) is 9.92. The van der Waals surface area contributed by atoms with Crippen molar-refractivity contribution in [2.24, 2.45) is 0 Å². The Morgan fingerprint density at radius 3 is 2.32 bits per heavy atom. The molecule has 2 amide bonds. The van der Waals surface area contributed by atoms with Gasteiger partial charge in [0.05, 0.1) is 16.4 Å². The zero-order chi connectivity index (χ0) is 23.5. The Morgan fingerprint density at radius 2 is 1.81 bits per heavy atom. The molecule has 0 aromatic heterocycles. The molecule has 0 saturated heterocycles. The largest absolute Gasteiger partial charge is 0.431 e. The zero-order valence-electron chi connectivity index (χ0n) is 17.2. The maximum Gasteiger partial charge on any atom is 0.431 e. The number of halogens is 5. The number of hydrogen-bond acceptors (Lipinski definition) is 5. The van der Waals surface area contributed by atoms with Crippen molar-refractivity contribution in [3.8, 4) is 0 Å². The fourth-order valence-corrected chi connectivity index (χ4v) is 3.43. The fraction of sp³-hybridized carbons (Fsp3) is 0.526. The fourth-order valence-electron chi connectivity index (χ4n) is 3.23. The minimum absolute atomic E-state index is 0.0204. The third-order valence-electron chi connectivity index (χ3n) is 4.69. The van der Waals surface area contributed by atoms with E-state index in [9.17, 15) is 32.6 Å². The third-order valence-corrected chi connectivity index (χ3v) is 5.00. The van der Waals surface area contributed by atoms with Gasteiger partial charge in [0, 0.05) is 20.1 Å². The summed E-state index contributed by atoms with van der Waals surface area (Å²) in [5.41, 5.74) is -1.74. The predicted molar refractivity (Wildman–Crippen MR) is 109 cm³/mol. The molecule has 2 rings (SSSR count). The Bertz CT molecular complexity index is 831. The van der Waals surface area contributed by atoms with Crippen LogP contribution in [-0.2, 0) is 0 Å². The van der Waals surface area contributed by atoms with Gasteiger partial charge < -0.3 is 25.3 Å². The molecule has 31 heavy (non-hydrogen) atoms. The SMILES string of the molecule is CCCN(CCC)C(=O)Nc1cc(N2C(O)C=C(C(F)(F)F)N(C)C2O)c(F)cc1Cl. The Labute approximate surface area is 182 Å². The van der Waals surface area contributed by atoms with Crippen LogP contribution in [0.5, 0.6) is 0 Å². The lowest BCUT2D eigenvalue weighted by molar-refractivity contribution is -0.133. The monoisotopic (exact) mass is 468 g/mol. The number of aliphatic hydroxyl groups excluding tert-OH is 2. The lowest BCUT2D eigenvalue weighted by Crippen LogP contribution is -2.56. The molecular formula is C19H25ClF4N4O3. The molecule has 1 aliphatic rings. The van der Waals surface area contributed by atoms with Gasteiger partial charge in [0.15, 0.2) is 6.23 Å². The molecule has 1 aliphatic heterocycles. The molecule has 1 aromatic rings. The number of allylic oxidation sites excluding steroid dienone is 1. The molecular weight excluding hydrogens is 444 g/mol. The van der Waals surface area contributed by atoms with Gasteiger partial charge in [-0.1, -0.05) is 25.4 Å². The van der Waals surface area contributed by atoms with Crippen molar-refractivity contribution in [2.45, 2.75) is 45.4 Å². The van der Waals surface area contributed by atoms with Crippen molar-refractivity contribution in [3.63, 3.8) is 0 Å². The molecule has 1 heterocycles. The van der Waals surface area contributed by atoms with E-state index in [1.54, 1.807) is 0 Å². The molecule has 0 bridgehead atoms. The molecule has 2 atom stereocenters. The molecule has 0 saturated carbocycles. The Kier molecular flexibility index (Phi) is 8.01. The zero-order valence-corrected chi connectivity index (χ0v) is 18.0. The number of benzene rings is 1. The van der Waals surface area contributed by atoms with Gasteiger partial charge in [-0.3, -0.25) is 4.90 Å². The maximum absolute atomic E-state index is 14.6. The van der Waals surface area contributed by atoms with Crippen LogP contribution in [0.1, 0.15) is 26.7 Å². The number of aliphatic hydroxyl groups is 2. The normalized spacial score (nSPS) is 19.4. The van der Waals surface area contributed by atoms with Crippen molar-refractivity contribution in [1.82, 2.24) is 9.80 Å². The standard InChI is InChI=1S/C19H25ClF4N4O3/c1-4-6-27(7-5-2)17(30)25-13-9-14(12(21)8-11(13)20)28-16(29)10-15(19(22,23)24)26(3)18(28)31/h8-10,16,18,29,31H,4-7H2,1-3H3,(H,25,30). The average Bonchev–Trinajstić information content (AvgIpc) is 2.67. The lowest BCUT2D eigenvalue weighted by atomic mass is 10.2. The summed E-state index contributed by atoms with van der Waals surface area (Å²) < 4.78 is 54.0. The molecule has 2 unspecified atom stereocenters. The van der Waals surface area contributed by atoms with Gasteiger partial charge in [0.2, 0.25) is 6.35 Å². The highest BCUT2D eigenvalue weighted by Gasteiger charge is 2.45. The molecule has 3 N–H and O–H groups in total. The quantitative estimate of drug-likeness (QED) is 0.551. The van der Waals surface area contributed by atoms with E-state index in [-0.39, 0.29) is 10.7 Å². The van der Waals surface area contributed by atoms with E-state index in [1.807, 2.05) is 13.8 Å². The number of carbonyl (C=O) groups is 1. The van der Waals surface area contributed by atoms with Crippen LogP contribution < -0.4 is 10.2 Å². The van der Waals surface area contributed by atoms with E-state index >= 15 is 0 Å². The number of amides is 2. The van der Waals surface area contributed by atoms with Crippen LogP contribution in [0.2, 0.25) is 5.02 Å². The van der Waals surface area contributed by atoms with Crippen LogP contribution in [0.15, 0.2) is 23.9 Å². The van der Waals surface area contributed by atoms with Crippen LogP contribution in [0.3, 0.4) is 0 Å². The smallest absolute Gasteiger partial charge is 0.370 e. The highest BCUT2D eigenvalue weighted by molar-refractivity contribution is 6.33. The second-order valence-electron chi connectivity index (χ2n) is 7.03. The van der Waals surface area contributed by atoms with E-state index in [0.717, 1.165) is 19.2 Å². The van der Waals surface area contributed by atoms with Gasteiger partial charge >= 0.3 is 12.2 Å². The number of urea groups is 1. The first-order chi connectivity index (χ1) is 14.4. The predicted octanol–water partition coefficient (Wildman–Crippen LogP) is 3.93. The van der Waals surface area contributed by atoms with Gasteiger partial charge in [-0.2, -0.15) is 13.2 Å². The highest BCUT2D eigenvalue weighted by atomic mass is 35.5. The molecule has 0 aliphatic carbocycles. The first-order valence-corrected chi connectivity index (χ1v) is 10.0. The summed E-state index contributed by atoms with van der Waals surface area (Å²) in [5.74, 6) is -1.00. The van der Waals surface area contributed by atoms with Gasteiger partial charge in [0.1, 0.15) is 11.5 Å². The van der Waals surface area contributed by atoms with Crippen molar-refractivity contribution in [3.05, 3.63) is 34.7 Å². The second-order valence-corrected chi connectivity index (χ2v) is 7.44. The van der Waals surface area contributed by atoms with Crippen LogP contribution in [0, 0.1) is 5.82 Å². The first-order valence-electron chi connectivity index (χ1n) is 9.63. The maximum atomic E-state index is 14.6. The minimum Gasteiger partial charge on any atom is -0.370 e. The van der Waals surface area contributed by atoms with E-state index in [4.69, 9.17) is 11.6 Å². The van der Waals surface area contributed by atoms with Gasteiger partial charge in [-0.05, 0) is 31.1 Å². The van der Waals surface area contributed by atoms with E-state index in [0.29, 0.717) is 41.8 Å². The number of rotatable bonds is 6. The summed E-state index contributed by atoms with van der Waals surface area (Å²) in [6.45, 7) is 4.75. The minimum atomic E-state index is -4.83. The van der Waals surface area contributed by atoms with E-state index < -0.39 is 42.0 Å². The van der Waals surface area contributed by atoms with E-state index in [2.05, 4.69) is 5.32 Å². The molecule has 174 valence electrons. The first kappa shape index (κ1) is 25.0. The number of nitrogens with zero attached hydrogens (tertiary/aromatic N) is 3. The highest BCUT2D eigenvalue weighted by Crippen LogP contribution is 2.38. The molecule has 7 nitrogen and oxygen atoms in total. The van der Waals surface area contributed by atoms with Crippen molar-refractivity contribution >= 4 is 29.0 Å². The van der Waals surface area contributed by atoms with Gasteiger partial charge in [0.25, 0.3) is 0 Å².